The molecule has 0 atom stereocenters. The minimum Gasteiger partial charge on any atom is -0.337 e. The molecular formula is C18H20N4OS. The zero-order valence-corrected chi connectivity index (χ0v) is 15.0. The number of amides is 1. The molecule has 0 aliphatic heterocycles. The Morgan fingerprint density at radius 3 is 2.62 bits per heavy atom. The molecule has 1 aromatic heterocycles. The number of nitriles is 1. The summed E-state index contributed by atoms with van der Waals surface area (Å²) < 4.78 is 0. The Labute approximate surface area is 146 Å². The van der Waals surface area contributed by atoms with E-state index in [2.05, 4.69) is 29.5 Å². The van der Waals surface area contributed by atoms with E-state index < -0.39 is 5.91 Å². The number of rotatable bonds is 5. The van der Waals surface area contributed by atoms with Gasteiger partial charge in [0.05, 0.1) is 5.69 Å². The maximum atomic E-state index is 12.4. The lowest BCUT2D eigenvalue weighted by atomic mass is 10.0. The summed E-state index contributed by atoms with van der Waals surface area (Å²) in [6.07, 6.45) is 1.39. The highest BCUT2D eigenvalue weighted by Crippen LogP contribution is 2.24. The predicted octanol–water partition coefficient (Wildman–Crippen LogP) is 4.34. The second-order valence-corrected chi connectivity index (χ2v) is 6.87. The molecule has 2 rings (SSSR count). The molecule has 0 bridgehead atoms. The van der Waals surface area contributed by atoms with E-state index in [0.29, 0.717) is 5.13 Å². The van der Waals surface area contributed by atoms with Gasteiger partial charge in [0.2, 0.25) is 0 Å². The van der Waals surface area contributed by atoms with E-state index in [1.807, 2.05) is 44.2 Å². The molecule has 1 heterocycles. The van der Waals surface area contributed by atoms with Crippen LogP contribution in [-0.2, 0) is 4.79 Å². The summed E-state index contributed by atoms with van der Waals surface area (Å²) in [7, 11) is 0. The molecule has 2 N–H and O–H groups in total. The number of benzene rings is 1. The fourth-order valence-corrected chi connectivity index (χ4v) is 2.90. The van der Waals surface area contributed by atoms with Crippen LogP contribution in [0.5, 0.6) is 0 Å². The molecule has 0 aliphatic rings. The van der Waals surface area contributed by atoms with Gasteiger partial charge in [-0.25, -0.2) is 4.98 Å². The van der Waals surface area contributed by atoms with E-state index >= 15 is 0 Å². The molecule has 124 valence electrons. The third-order valence-electron chi connectivity index (χ3n) is 3.56. The Balaban J connectivity index is 2.15. The highest BCUT2D eigenvalue weighted by atomic mass is 32.1. The van der Waals surface area contributed by atoms with E-state index in [0.717, 1.165) is 21.8 Å². The first-order valence-electron chi connectivity index (χ1n) is 7.63. The van der Waals surface area contributed by atoms with E-state index in [9.17, 15) is 10.1 Å². The number of nitrogens with zero attached hydrogens (tertiary/aromatic N) is 2. The average Bonchev–Trinajstić information content (AvgIpc) is 2.86. The highest BCUT2D eigenvalue weighted by molar-refractivity contribution is 7.15. The van der Waals surface area contributed by atoms with Gasteiger partial charge in [0, 0.05) is 16.8 Å². The Bertz CT molecular complexity index is 795. The fraction of sp³-hybridized carbons (Fsp3) is 0.278. The number of hydrogen-bond donors (Lipinski definition) is 2. The standard InChI is InChI=1S/C18H20N4OS/c1-11(2)15-7-5-6-8-16(15)22-17(23)14(9-19)10-20-18-21-12(3)13(4)24-18/h5-8,10-11H,1-4H3,(H,20,21)(H,22,23)/b14-10-. The monoisotopic (exact) mass is 340 g/mol. The van der Waals surface area contributed by atoms with Crippen LogP contribution in [-0.4, -0.2) is 10.9 Å². The molecule has 0 fully saturated rings. The van der Waals surface area contributed by atoms with E-state index in [-0.39, 0.29) is 11.5 Å². The van der Waals surface area contributed by atoms with Gasteiger partial charge in [-0.05, 0) is 31.4 Å². The largest absolute Gasteiger partial charge is 0.337 e. The maximum Gasteiger partial charge on any atom is 0.267 e. The lowest BCUT2D eigenvalue weighted by Crippen LogP contribution is -2.16. The number of nitrogens with one attached hydrogen (secondary N) is 2. The molecule has 24 heavy (non-hydrogen) atoms. The highest BCUT2D eigenvalue weighted by Gasteiger charge is 2.13. The summed E-state index contributed by atoms with van der Waals surface area (Å²) in [5.74, 6) is -0.168. The van der Waals surface area contributed by atoms with Crippen molar-refractivity contribution in [3.05, 3.63) is 52.2 Å². The lowest BCUT2D eigenvalue weighted by Gasteiger charge is -2.13. The molecular weight excluding hydrogens is 320 g/mol. The van der Waals surface area contributed by atoms with Gasteiger partial charge in [-0.1, -0.05) is 32.0 Å². The first kappa shape index (κ1) is 17.7. The summed E-state index contributed by atoms with van der Waals surface area (Å²) in [5.41, 5.74) is 2.69. The van der Waals surface area contributed by atoms with Gasteiger partial charge < -0.3 is 10.6 Å². The van der Waals surface area contributed by atoms with Gasteiger partial charge in [-0.3, -0.25) is 4.79 Å². The predicted molar refractivity (Wildman–Crippen MR) is 98.1 cm³/mol. The van der Waals surface area contributed by atoms with Crippen LogP contribution >= 0.6 is 11.3 Å². The minimum absolute atomic E-state index is 0.000865. The van der Waals surface area contributed by atoms with Crippen molar-refractivity contribution < 1.29 is 4.79 Å². The Hall–Kier alpha value is -2.65. The number of aryl methyl sites for hydroxylation is 2. The van der Waals surface area contributed by atoms with Crippen molar-refractivity contribution in [3.8, 4) is 6.07 Å². The molecule has 1 aromatic carbocycles. The third-order valence-corrected chi connectivity index (χ3v) is 4.57. The number of aromatic nitrogens is 1. The first-order valence-corrected chi connectivity index (χ1v) is 8.45. The molecule has 0 saturated heterocycles. The second-order valence-electron chi connectivity index (χ2n) is 5.67. The third kappa shape index (κ3) is 4.21. The quantitative estimate of drug-likeness (QED) is 0.627. The molecule has 0 unspecified atom stereocenters. The van der Waals surface area contributed by atoms with Crippen LogP contribution < -0.4 is 10.6 Å². The molecule has 0 radical (unpaired) electrons. The summed E-state index contributed by atoms with van der Waals surface area (Å²) in [6.45, 7) is 8.01. The van der Waals surface area contributed by atoms with Gasteiger partial charge in [-0.2, -0.15) is 5.26 Å². The van der Waals surface area contributed by atoms with Crippen LogP contribution in [0.4, 0.5) is 10.8 Å². The zero-order valence-electron chi connectivity index (χ0n) is 14.2. The fourth-order valence-electron chi connectivity index (χ4n) is 2.12. The molecule has 6 heteroatoms. The number of carbonyl (C=O) groups is 1. The normalized spacial score (nSPS) is 11.2. The first-order chi connectivity index (χ1) is 11.4. The Kier molecular flexibility index (Phi) is 5.72. The molecule has 0 aliphatic carbocycles. The van der Waals surface area contributed by atoms with Crippen molar-refractivity contribution in [1.29, 1.82) is 5.26 Å². The van der Waals surface area contributed by atoms with E-state index in [1.54, 1.807) is 0 Å². The lowest BCUT2D eigenvalue weighted by molar-refractivity contribution is -0.112. The molecule has 5 nitrogen and oxygen atoms in total. The number of carbonyl (C=O) groups excluding carboxylic acids is 1. The van der Waals surface area contributed by atoms with Gasteiger partial charge in [0.15, 0.2) is 5.13 Å². The summed E-state index contributed by atoms with van der Waals surface area (Å²) in [6, 6.07) is 9.52. The summed E-state index contributed by atoms with van der Waals surface area (Å²) >= 11 is 1.48. The molecule has 0 saturated carbocycles. The molecule has 0 spiro atoms. The van der Waals surface area contributed by atoms with Crippen molar-refractivity contribution in [2.75, 3.05) is 10.6 Å². The van der Waals surface area contributed by atoms with Crippen molar-refractivity contribution >= 4 is 28.1 Å². The summed E-state index contributed by atoms with van der Waals surface area (Å²) in [5, 5.41) is 15.6. The number of hydrogen-bond acceptors (Lipinski definition) is 5. The minimum atomic E-state index is -0.442. The smallest absolute Gasteiger partial charge is 0.267 e. The number of anilines is 2. The Morgan fingerprint density at radius 1 is 1.33 bits per heavy atom. The van der Waals surface area contributed by atoms with Crippen molar-refractivity contribution in [1.82, 2.24) is 4.98 Å². The van der Waals surface area contributed by atoms with Crippen molar-refractivity contribution in [3.63, 3.8) is 0 Å². The van der Waals surface area contributed by atoms with Crippen LogP contribution in [0, 0.1) is 25.2 Å². The van der Waals surface area contributed by atoms with Gasteiger partial charge >= 0.3 is 0 Å². The number of thiazole rings is 1. The van der Waals surface area contributed by atoms with Crippen LogP contribution in [0.2, 0.25) is 0 Å². The maximum absolute atomic E-state index is 12.4. The van der Waals surface area contributed by atoms with Gasteiger partial charge in [-0.15, -0.1) is 11.3 Å². The topological polar surface area (TPSA) is 77.8 Å². The molecule has 2 aromatic rings. The van der Waals surface area contributed by atoms with Crippen LogP contribution in [0.3, 0.4) is 0 Å². The average molecular weight is 340 g/mol. The number of para-hydroxylation sites is 1. The second kappa shape index (κ2) is 7.75. The van der Waals surface area contributed by atoms with Crippen molar-refractivity contribution in [2.24, 2.45) is 0 Å². The Morgan fingerprint density at radius 2 is 2.04 bits per heavy atom. The zero-order chi connectivity index (χ0) is 17.7. The van der Waals surface area contributed by atoms with Gasteiger partial charge in [0.1, 0.15) is 11.6 Å². The molecule has 1 amide bonds. The van der Waals surface area contributed by atoms with Crippen molar-refractivity contribution in [2.45, 2.75) is 33.6 Å². The van der Waals surface area contributed by atoms with Crippen LogP contribution in [0.1, 0.15) is 35.9 Å². The van der Waals surface area contributed by atoms with E-state index in [1.165, 1.54) is 17.5 Å². The van der Waals surface area contributed by atoms with Crippen LogP contribution in [0.25, 0.3) is 0 Å². The van der Waals surface area contributed by atoms with Gasteiger partial charge in [0.25, 0.3) is 5.91 Å². The van der Waals surface area contributed by atoms with Crippen LogP contribution in [0.15, 0.2) is 36.0 Å². The SMILES string of the molecule is Cc1nc(N/C=C(/C#N)C(=O)Nc2ccccc2C(C)C)sc1C. The summed E-state index contributed by atoms with van der Waals surface area (Å²) in [4.78, 5) is 17.8. The van der Waals surface area contributed by atoms with E-state index in [4.69, 9.17) is 0 Å².